The summed E-state index contributed by atoms with van der Waals surface area (Å²) in [5.41, 5.74) is 1.61. The van der Waals surface area contributed by atoms with E-state index in [1.54, 1.807) is 49.4 Å². The minimum atomic E-state index is -3.63. The van der Waals surface area contributed by atoms with E-state index < -0.39 is 15.9 Å². The fraction of sp³-hybridized carbons (Fsp3) is 0.188. The van der Waals surface area contributed by atoms with Gasteiger partial charge in [-0.15, -0.1) is 0 Å². The largest absolute Gasteiger partial charge is 0.324 e. The van der Waals surface area contributed by atoms with Crippen LogP contribution in [-0.4, -0.2) is 27.1 Å². The number of hydrogen-bond donors (Lipinski definition) is 1. The number of nitrogens with zero attached hydrogens (tertiary/aromatic N) is 1. The van der Waals surface area contributed by atoms with Crippen molar-refractivity contribution in [3.8, 4) is 0 Å². The predicted molar refractivity (Wildman–Crippen MR) is 98.5 cm³/mol. The maximum atomic E-state index is 12.3. The number of benzene rings is 2. The summed E-state index contributed by atoms with van der Waals surface area (Å²) in [6, 6.07) is 11.3. The molecular formula is C16H16Cl2N2O3S. The molecule has 128 valence electrons. The zero-order valence-electron chi connectivity index (χ0n) is 13.1. The molecule has 1 N–H and O–H groups in total. The number of nitrogens with one attached hydrogen (secondary N) is 1. The molecule has 0 aliphatic heterocycles. The Bertz CT molecular complexity index is 852. The molecule has 0 saturated carbocycles. The van der Waals surface area contributed by atoms with Crippen LogP contribution < -0.4 is 9.62 Å². The molecular weight excluding hydrogens is 371 g/mol. The normalized spacial score (nSPS) is 11.2. The zero-order valence-corrected chi connectivity index (χ0v) is 15.4. The summed E-state index contributed by atoms with van der Waals surface area (Å²) in [5.74, 6) is -0.472. The Morgan fingerprint density at radius 2 is 1.75 bits per heavy atom. The minimum Gasteiger partial charge on any atom is -0.324 e. The molecule has 0 atom stereocenters. The van der Waals surface area contributed by atoms with E-state index in [0.29, 0.717) is 27.0 Å². The van der Waals surface area contributed by atoms with Gasteiger partial charge in [0.1, 0.15) is 6.54 Å². The highest BCUT2D eigenvalue weighted by molar-refractivity contribution is 7.92. The number of halogens is 2. The van der Waals surface area contributed by atoms with E-state index in [9.17, 15) is 13.2 Å². The Kier molecular flexibility index (Phi) is 5.74. The van der Waals surface area contributed by atoms with Crippen molar-refractivity contribution in [1.82, 2.24) is 0 Å². The topological polar surface area (TPSA) is 66.5 Å². The highest BCUT2D eigenvalue weighted by Crippen LogP contribution is 2.24. The lowest BCUT2D eigenvalue weighted by atomic mass is 10.2. The van der Waals surface area contributed by atoms with Gasteiger partial charge in [0.05, 0.1) is 11.9 Å². The molecule has 0 bridgehead atoms. The second-order valence-corrected chi connectivity index (χ2v) is 7.96. The highest BCUT2D eigenvalue weighted by Gasteiger charge is 2.21. The third kappa shape index (κ3) is 4.63. The van der Waals surface area contributed by atoms with Gasteiger partial charge in [-0.1, -0.05) is 29.3 Å². The van der Waals surface area contributed by atoms with E-state index in [1.165, 1.54) is 0 Å². The molecule has 0 aliphatic rings. The van der Waals surface area contributed by atoms with E-state index in [1.807, 2.05) is 0 Å². The van der Waals surface area contributed by atoms with Gasteiger partial charge in [0.25, 0.3) is 0 Å². The first kappa shape index (κ1) is 18.6. The summed E-state index contributed by atoms with van der Waals surface area (Å²) in [4.78, 5) is 12.3. The van der Waals surface area contributed by atoms with Crippen LogP contribution in [-0.2, 0) is 14.8 Å². The number of carbonyl (C=O) groups excluding carboxylic acids is 1. The van der Waals surface area contributed by atoms with Crippen LogP contribution in [0.2, 0.25) is 10.0 Å². The first-order valence-corrected chi connectivity index (χ1v) is 9.57. The lowest BCUT2D eigenvalue weighted by Crippen LogP contribution is -2.37. The van der Waals surface area contributed by atoms with E-state index in [-0.39, 0.29) is 6.54 Å². The molecule has 5 nitrogen and oxygen atoms in total. The van der Waals surface area contributed by atoms with Gasteiger partial charge >= 0.3 is 0 Å². The molecule has 0 unspecified atom stereocenters. The monoisotopic (exact) mass is 386 g/mol. The number of hydrogen-bond acceptors (Lipinski definition) is 3. The number of carbonyl (C=O) groups is 1. The lowest BCUT2D eigenvalue weighted by molar-refractivity contribution is -0.114. The molecule has 8 heteroatoms. The lowest BCUT2D eigenvalue weighted by Gasteiger charge is -2.22. The molecule has 1 amide bonds. The summed E-state index contributed by atoms with van der Waals surface area (Å²) in [7, 11) is -3.63. The van der Waals surface area contributed by atoms with Crippen LogP contribution in [0.25, 0.3) is 0 Å². The molecule has 24 heavy (non-hydrogen) atoms. The van der Waals surface area contributed by atoms with Crippen LogP contribution >= 0.6 is 23.2 Å². The molecule has 0 radical (unpaired) electrons. The Labute approximate surface area is 151 Å². The standard InChI is InChI=1S/C16H16Cl2N2O3S/c1-11-14(18)4-3-5-15(11)19-16(21)10-20(24(2,22)23)13-8-6-12(17)7-9-13/h3-9H,10H2,1-2H3,(H,19,21). The quantitative estimate of drug-likeness (QED) is 0.851. The molecule has 2 rings (SSSR count). The van der Waals surface area contributed by atoms with Crippen LogP contribution in [0.5, 0.6) is 0 Å². The maximum Gasteiger partial charge on any atom is 0.245 e. The fourth-order valence-electron chi connectivity index (χ4n) is 2.07. The molecule has 2 aromatic rings. The van der Waals surface area contributed by atoms with Gasteiger partial charge in [-0.05, 0) is 48.9 Å². The van der Waals surface area contributed by atoms with Crippen molar-refractivity contribution in [2.24, 2.45) is 0 Å². The smallest absolute Gasteiger partial charge is 0.245 e. The molecule has 0 aliphatic carbocycles. The third-order valence-electron chi connectivity index (χ3n) is 3.34. The van der Waals surface area contributed by atoms with Gasteiger partial charge in [-0.25, -0.2) is 8.42 Å². The molecule has 2 aromatic carbocycles. The Balaban J connectivity index is 2.22. The minimum absolute atomic E-state index is 0.355. The Morgan fingerprint density at radius 1 is 1.12 bits per heavy atom. The predicted octanol–water partition coefficient (Wildman–Crippen LogP) is 3.71. The van der Waals surface area contributed by atoms with Crippen LogP contribution in [0, 0.1) is 6.92 Å². The van der Waals surface area contributed by atoms with Crippen LogP contribution in [0.3, 0.4) is 0 Å². The van der Waals surface area contributed by atoms with Gasteiger partial charge in [-0.3, -0.25) is 9.10 Å². The fourth-order valence-corrected chi connectivity index (χ4v) is 3.23. The van der Waals surface area contributed by atoms with E-state index in [0.717, 1.165) is 10.6 Å². The molecule has 0 spiro atoms. The Morgan fingerprint density at radius 3 is 2.33 bits per heavy atom. The zero-order chi connectivity index (χ0) is 17.9. The number of sulfonamides is 1. The second-order valence-electron chi connectivity index (χ2n) is 5.21. The van der Waals surface area contributed by atoms with Crippen LogP contribution in [0.15, 0.2) is 42.5 Å². The van der Waals surface area contributed by atoms with Gasteiger partial charge in [0.2, 0.25) is 15.9 Å². The molecule has 0 aromatic heterocycles. The molecule has 0 fully saturated rings. The summed E-state index contributed by atoms with van der Waals surface area (Å²) in [6.45, 7) is 1.41. The number of rotatable bonds is 5. The summed E-state index contributed by atoms with van der Waals surface area (Å²) >= 11 is 11.8. The molecule has 0 heterocycles. The summed E-state index contributed by atoms with van der Waals surface area (Å²) in [5, 5.41) is 3.68. The SMILES string of the molecule is Cc1c(Cl)cccc1NC(=O)CN(c1ccc(Cl)cc1)S(C)(=O)=O. The molecule has 0 saturated heterocycles. The van der Waals surface area contributed by atoms with Crippen molar-refractivity contribution in [2.45, 2.75) is 6.92 Å². The maximum absolute atomic E-state index is 12.3. The van der Waals surface area contributed by atoms with E-state index in [2.05, 4.69) is 5.32 Å². The average Bonchev–Trinajstić information content (AvgIpc) is 2.49. The Hall–Kier alpha value is -1.76. The summed E-state index contributed by atoms with van der Waals surface area (Å²) in [6.07, 6.45) is 1.04. The van der Waals surface area contributed by atoms with Gasteiger partial charge in [-0.2, -0.15) is 0 Å². The van der Waals surface area contributed by atoms with Crippen molar-refractivity contribution in [1.29, 1.82) is 0 Å². The summed E-state index contributed by atoms with van der Waals surface area (Å²) < 4.78 is 25.0. The second kappa shape index (κ2) is 7.42. The van der Waals surface area contributed by atoms with Crippen LogP contribution in [0.1, 0.15) is 5.56 Å². The van der Waals surface area contributed by atoms with Crippen molar-refractivity contribution in [2.75, 3.05) is 22.4 Å². The van der Waals surface area contributed by atoms with Crippen molar-refractivity contribution < 1.29 is 13.2 Å². The van der Waals surface area contributed by atoms with Gasteiger partial charge < -0.3 is 5.32 Å². The third-order valence-corrected chi connectivity index (χ3v) is 5.15. The number of amides is 1. The average molecular weight is 387 g/mol. The number of anilines is 2. The first-order chi connectivity index (χ1) is 11.2. The van der Waals surface area contributed by atoms with E-state index in [4.69, 9.17) is 23.2 Å². The van der Waals surface area contributed by atoms with Gasteiger partial charge in [0, 0.05) is 15.7 Å². The highest BCUT2D eigenvalue weighted by atomic mass is 35.5. The first-order valence-electron chi connectivity index (χ1n) is 6.97. The van der Waals surface area contributed by atoms with Crippen molar-refractivity contribution >= 4 is 50.5 Å². The van der Waals surface area contributed by atoms with Gasteiger partial charge in [0.15, 0.2) is 0 Å². The van der Waals surface area contributed by atoms with E-state index >= 15 is 0 Å². The van der Waals surface area contributed by atoms with Crippen molar-refractivity contribution in [3.05, 3.63) is 58.1 Å². The van der Waals surface area contributed by atoms with Crippen molar-refractivity contribution in [3.63, 3.8) is 0 Å². The van der Waals surface area contributed by atoms with Crippen LogP contribution in [0.4, 0.5) is 11.4 Å².